The molecule has 2 aromatic carbocycles. The van der Waals surface area contributed by atoms with Gasteiger partial charge >= 0.3 is 0 Å². The van der Waals surface area contributed by atoms with E-state index in [0.29, 0.717) is 5.69 Å². The molecule has 0 saturated heterocycles. The number of anilines is 2. The Kier molecular flexibility index (Phi) is 4.67. The van der Waals surface area contributed by atoms with Crippen LogP contribution in [0, 0.1) is 6.92 Å². The summed E-state index contributed by atoms with van der Waals surface area (Å²) in [6, 6.07) is 16.2. The number of nitrogens with zero attached hydrogens (tertiary/aromatic N) is 4. The van der Waals surface area contributed by atoms with Crippen LogP contribution in [-0.4, -0.2) is 36.8 Å². The first kappa shape index (κ1) is 18.3. The number of benzene rings is 2. The highest BCUT2D eigenvalue weighted by atomic mass is 16.2. The number of rotatable bonds is 4. The van der Waals surface area contributed by atoms with Crippen LogP contribution in [0.2, 0.25) is 0 Å². The van der Waals surface area contributed by atoms with E-state index < -0.39 is 0 Å². The fourth-order valence-electron chi connectivity index (χ4n) is 3.86. The lowest BCUT2D eigenvalue weighted by Crippen LogP contribution is -2.27. The molecule has 0 fully saturated rings. The van der Waals surface area contributed by atoms with Gasteiger partial charge in [0.05, 0.1) is 5.69 Å². The largest absolute Gasteiger partial charge is 0.378 e. The summed E-state index contributed by atoms with van der Waals surface area (Å²) in [7, 11) is 5.83. The average Bonchev–Trinajstić information content (AvgIpc) is 3.30. The highest BCUT2D eigenvalue weighted by Crippen LogP contribution is 2.30. The van der Waals surface area contributed by atoms with E-state index in [0.717, 1.165) is 47.5 Å². The minimum absolute atomic E-state index is 0.0527. The van der Waals surface area contributed by atoms with Crippen LogP contribution in [0.1, 0.15) is 33.7 Å². The molecule has 5 heteroatoms. The first-order valence-electron chi connectivity index (χ1n) is 9.69. The van der Waals surface area contributed by atoms with Crippen molar-refractivity contribution < 1.29 is 4.79 Å². The summed E-state index contributed by atoms with van der Waals surface area (Å²) in [6.45, 7) is 2.08. The Morgan fingerprint density at radius 2 is 1.64 bits per heavy atom. The second kappa shape index (κ2) is 7.15. The van der Waals surface area contributed by atoms with Gasteiger partial charge in [-0.05, 0) is 62.1 Å². The van der Waals surface area contributed by atoms with Gasteiger partial charge in [-0.15, -0.1) is 0 Å². The van der Waals surface area contributed by atoms with Gasteiger partial charge in [0, 0.05) is 43.8 Å². The summed E-state index contributed by atoms with van der Waals surface area (Å²) in [6.07, 6.45) is 2.95. The first-order chi connectivity index (χ1) is 13.5. The SMILES string of the molecule is Cc1ccccc1-n1nc(C(=O)N(C)c2ccc(N(C)C)cc2)c2c1CCC2. The Bertz CT molecular complexity index is 1020. The molecule has 144 valence electrons. The van der Waals surface area contributed by atoms with Crippen molar-refractivity contribution in [1.29, 1.82) is 0 Å². The smallest absolute Gasteiger partial charge is 0.278 e. The molecule has 0 atom stereocenters. The molecule has 1 heterocycles. The minimum Gasteiger partial charge on any atom is -0.378 e. The van der Waals surface area contributed by atoms with Gasteiger partial charge < -0.3 is 9.80 Å². The number of fused-ring (bicyclic) bond motifs is 1. The summed E-state index contributed by atoms with van der Waals surface area (Å²) in [5, 5.41) is 4.77. The van der Waals surface area contributed by atoms with Gasteiger partial charge in [-0.25, -0.2) is 4.68 Å². The lowest BCUT2D eigenvalue weighted by molar-refractivity contribution is 0.0987. The van der Waals surface area contributed by atoms with Gasteiger partial charge in [-0.2, -0.15) is 5.10 Å². The van der Waals surface area contributed by atoms with E-state index in [1.54, 1.807) is 4.90 Å². The van der Waals surface area contributed by atoms with Crippen molar-refractivity contribution in [1.82, 2.24) is 9.78 Å². The van der Waals surface area contributed by atoms with Gasteiger partial charge in [-0.3, -0.25) is 4.79 Å². The summed E-state index contributed by atoms with van der Waals surface area (Å²) in [5.41, 5.74) is 7.04. The number of amides is 1. The molecule has 1 aliphatic rings. The quantitative estimate of drug-likeness (QED) is 0.693. The summed E-state index contributed by atoms with van der Waals surface area (Å²) >= 11 is 0. The average molecular weight is 374 g/mol. The molecule has 5 nitrogen and oxygen atoms in total. The zero-order chi connectivity index (χ0) is 19.8. The number of aryl methyl sites for hydroxylation is 1. The third kappa shape index (κ3) is 3.07. The molecular formula is C23H26N4O. The van der Waals surface area contributed by atoms with Gasteiger partial charge in [0.15, 0.2) is 5.69 Å². The normalized spacial score (nSPS) is 12.7. The van der Waals surface area contributed by atoms with Crippen molar-refractivity contribution in [3.8, 4) is 5.69 Å². The molecule has 1 amide bonds. The van der Waals surface area contributed by atoms with E-state index in [2.05, 4.69) is 19.1 Å². The zero-order valence-electron chi connectivity index (χ0n) is 16.9. The third-order valence-corrected chi connectivity index (χ3v) is 5.53. The van der Waals surface area contributed by atoms with E-state index >= 15 is 0 Å². The van der Waals surface area contributed by atoms with Crippen molar-refractivity contribution >= 4 is 17.3 Å². The van der Waals surface area contributed by atoms with Crippen molar-refractivity contribution in [3.05, 3.63) is 71.0 Å². The van der Waals surface area contributed by atoms with Crippen LogP contribution < -0.4 is 9.80 Å². The predicted octanol–water partition coefficient (Wildman–Crippen LogP) is 4.01. The molecule has 0 radical (unpaired) electrons. The third-order valence-electron chi connectivity index (χ3n) is 5.53. The number of carbonyl (C=O) groups is 1. The van der Waals surface area contributed by atoms with Gasteiger partial charge in [0.2, 0.25) is 0 Å². The van der Waals surface area contributed by atoms with Crippen molar-refractivity contribution in [2.24, 2.45) is 0 Å². The van der Waals surface area contributed by atoms with Crippen LogP contribution in [0.3, 0.4) is 0 Å². The molecule has 4 rings (SSSR count). The molecule has 3 aromatic rings. The second-order valence-electron chi connectivity index (χ2n) is 7.60. The number of aromatic nitrogens is 2. The van der Waals surface area contributed by atoms with Crippen LogP contribution in [0.4, 0.5) is 11.4 Å². The van der Waals surface area contributed by atoms with Crippen LogP contribution in [0.25, 0.3) is 5.69 Å². The zero-order valence-corrected chi connectivity index (χ0v) is 16.9. The lowest BCUT2D eigenvalue weighted by atomic mass is 10.1. The van der Waals surface area contributed by atoms with E-state index in [1.165, 1.54) is 5.69 Å². The second-order valence-corrected chi connectivity index (χ2v) is 7.60. The molecule has 0 spiro atoms. The van der Waals surface area contributed by atoms with Crippen molar-refractivity contribution in [2.45, 2.75) is 26.2 Å². The van der Waals surface area contributed by atoms with Crippen LogP contribution in [-0.2, 0) is 12.8 Å². The Balaban J connectivity index is 1.70. The van der Waals surface area contributed by atoms with Gasteiger partial charge in [0.25, 0.3) is 5.91 Å². The molecule has 0 N–H and O–H groups in total. The van der Waals surface area contributed by atoms with Crippen LogP contribution in [0.5, 0.6) is 0 Å². The maximum Gasteiger partial charge on any atom is 0.278 e. The highest BCUT2D eigenvalue weighted by Gasteiger charge is 2.29. The summed E-state index contributed by atoms with van der Waals surface area (Å²) in [4.78, 5) is 17.0. The molecule has 0 unspecified atom stereocenters. The fourth-order valence-corrected chi connectivity index (χ4v) is 3.86. The van der Waals surface area contributed by atoms with E-state index in [1.807, 2.05) is 67.1 Å². The lowest BCUT2D eigenvalue weighted by Gasteiger charge is -2.19. The topological polar surface area (TPSA) is 41.4 Å². The Morgan fingerprint density at radius 3 is 2.32 bits per heavy atom. The maximum absolute atomic E-state index is 13.3. The Labute approximate surface area is 166 Å². The fraction of sp³-hybridized carbons (Fsp3) is 0.304. The molecule has 28 heavy (non-hydrogen) atoms. The number of para-hydroxylation sites is 1. The number of hydrogen-bond acceptors (Lipinski definition) is 3. The molecule has 0 aliphatic heterocycles. The Morgan fingerprint density at radius 1 is 0.964 bits per heavy atom. The molecular weight excluding hydrogens is 348 g/mol. The van der Waals surface area contributed by atoms with E-state index in [4.69, 9.17) is 5.10 Å². The predicted molar refractivity (Wildman–Crippen MR) is 114 cm³/mol. The molecule has 1 aliphatic carbocycles. The standard InChI is InChI=1S/C23H26N4O/c1-16-8-5-6-10-20(16)27-21-11-7-9-19(21)22(24-27)23(28)26(4)18-14-12-17(13-15-18)25(2)3/h5-6,8,10,12-15H,7,9,11H2,1-4H3. The van der Waals surface area contributed by atoms with E-state index in [9.17, 15) is 4.79 Å². The van der Waals surface area contributed by atoms with Crippen molar-refractivity contribution in [2.75, 3.05) is 30.9 Å². The minimum atomic E-state index is -0.0527. The number of hydrogen-bond donors (Lipinski definition) is 0. The molecule has 0 bridgehead atoms. The van der Waals surface area contributed by atoms with Crippen molar-refractivity contribution in [3.63, 3.8) is 0 Å². The highest BCUT2D eigenvalue weighted by molar-refractivity contribution is 6.05. The van der Waals surface area contributed by atoms with E-state index in [-0.39, 0.29) is 5.91 Å². The summed E-state index contributed by atoms with van der Waals surface area (Å²) < 4.78 is 1.98. The first-order valence-corrected chi connectivity index (χ1v) is 9.69. The van der Waals surface area contributed by atoms with Gasteiger partial charge in [-0.1, -0.05) is 18.2 Å². The number of carbonyl (C=O) groups excluding carboxylic acids is 1. The monoisotopic (exact) mass is 374 g/mol. The molecule has 0 saturated carbocycles. The molecule has 1 aromatic heterocycles. The van der Waals surface area contributed by atoms with Gasteiger partial charge in [0.1, 0.15) is 0 Å². The van der Waals surface area contributed by atoms with Crippen LogP contribution >= 0.6 is 0 Å². The summed E-state index contributed by atoms with van der Waals surface area (Å²) in [5.74, 6) is -0.0527. The Hall–Kier alpha value is -3.08. The van der Waals surface area contributed by atoms with Crippen LogP contribution in [0.15, 0.2) is 48.5 Å². The maximum atomic E-state index is 13.3.